The van der Waals surface area contributed by atoms with Gasteiger partial charge in [-0.25, -0.2) is 9.78 Å². The van der Waals surface area contributed by atoms with E-state index in [1.807, 2.05) is 35.0 Å². The molecule has 1 aromatic heterocycles. The van der Waals surface area contributed by atoms with Gasteiger partial charge in [0, 0.05) is 24.6 Å². The van der Waals surface area contributed by atoms with Crippen LogP contribution >= 0.6 is 0 Å². The van der Waals surface area contributed by atoms with Crippen LogP contribution in [0.5, 0.6) is 0 Å². The first kappa shape index (κ1) is 14.1. The van der Waals surface area contributed by atoms with E-state index < -0.39 is 0 Å². The van der Waals surface area contributed by atoms with Crippen LogP contribution in [0.4, 0.5) is 5.69 Å². The molecule has 0 aliphatic heterocycles. The minimum absolute atomic E-state index is 0.241. The monoisotopic (exact) mass is 273 g/mol. The summed E-state index contributed by atoms with van der Waals surface area (Å²) in [5.74, 6) is -0.241. The molecule has 0 aliphatic rings. The quantitative estimate of drug-likeness (QED) is 0.820. The highest BCUT2D eigenvalue weighted by Gasteiger charge is 2.12. The second kappa shape index (κ2) is 6.75. The third-order valence-corrected chi connectivity index (χ3v) is 2.90. The lowest BCUT2D eigenvalue weighted by molar-refractivity contribution is -0.143. The Morgan fingerprint density at radius 3 is 2.75 bits per heavy atom. The second-order valence-electron chi connectivity index (χ2n) is 4.55. The van der Waals surface area contributed by atoms with E-state index in [-0.39, 0.29) is 12.0 Å². The van der Waals surface area contributed by atoms with Gasteiger partial charge in [0.2, 0.25) is 0 Å². The Labute approximate surface area is 118 Å². The average Bonchev–Trinajstić information content (AvgIpc) is 2.94. The van der Waals surface area contributed by atoms with Crippen molar-refractivity contribution in [3.05, 3.63) is 48.5 Å². The number of hydrogen-bond donors (Lipinski definition) is 1. The number of benzene rings is 1. The van der Waals surface area contributed by atoms with Crippen LogP contribution in [0.3, 0.4) is 0 Å². The van der Waals surface area contributed by atoms with Gasteiger partial charge in [0.15, 0.2) is 0 Å². The fourth-order valence-corrected chi connectivity index (χ4v) is 1.87. The summed E-state index contributed by atoms with van der Waals surface area (Å²) in [5, 5.41) is 3.12. The number of nitrogens with one attached hydrogen (secondary N) is 1. The van der Waals surface area contributed by atoms with E-state index >= 15 is 0 Å². The summed E-state index contributed by atoms with van der Waals surface area (Å²) in [4.78, 5) is 15.5. The Hall–Kier alpha value is -2.30. The van der Waals surface area contributed by atoms with Gasteiger partial charge in [-0.15, -0.1) is 0 Å². The van der Waals surface area contributed by atoms with Crippen LogP contribution < -0.4 is 5.32 Å². The number of carbonyl (C=O) groups excluding carboxylic acids is 1. The number of imidazole rings is 1. The minimum atomic E-state index is -0.352. The Morgan fingerprint density at radius 2 is 2.15 bits per heavy atom. The molecule has 0 saturated carbocycles. The molecule has 0 radical (unpaired) electrons. The molecule has 0 fully saturated rings. The van der Waals surface area contributed by atoms with Crippen molar-refractivity contribution >= 4 is 11.7 Å². The van der Waals surface area contributed by atoms with E-state index in [4.69, 9.17) is 4.74 Å². The Bertz CT molecular complexity index is 535. The molecule has 1 heterocycles. The van der Waals surface area contributed by atoms with Crippen molar-refractivity contribution in [2.45, 2.75) is 26.4 Å². The predicted molar refractivity (Wildman–Crippen MR) is 77.5 cm³/mol. The van der Waals surface area contributed by atoms with E-state index in [1.54, 1.807) is 26.4 Å². The first-order valence-electron chi connectivity index (χ1n) is 6.67. The van der Waals surface area contributed by atoms with Crippen LogP contribution in [0.1, 0.15) is 19.4 Å². The van der Waals surface area contributed by atoms with Crippen molar-refractivity contribution in [2.24, 2.45) is 0 Å². The van der Waals surface area contributed by atoms with Crippen LogP contribution in [0, 0.1) is 0 Å². The van der Waals surface area contributed by atoms with Gasteiger partial charge in [0.05, 0.1) is 12.9 Å². The summed E-state index contributed by atoms with van der Waals surface area (Å²) in [6, 6.07) is 7.62. The van der Waals surface area contributed by atoms with Crippen LogP contribution in [0.15, 0.2) is 43.0 Å². The van der Waals surface area contributed by atoms with Crippen molar-refractivity contribution in [3.8, 4) is 0 Å². The number of rotatable bonds is 6. The van der Waals surface area contributed by atoms with Crippen molar-refractivity contribution in [2.75, 3.05) is 11.9 Å². The summed E-state index contributed by atoms with van der Waals surface area (Å²) in [6.45, 7) is 4.77. The number of aromatic nitrogens is 2. The highest BCUT2D eigenvalue weighted by molar-refractivity contribution is 5.78. The average molecular weight is 273 g/mol. The molecule has 106 valence electrons. The van der Waals surface area contributed by atoms with E-state index in [0.29, 0.717) is 6.61 Å². The molecule has 5 nitrogen and oxygen atoms in total. The molecule has 0 bridgehead atoms. The molecule has 0 saturated heterocycles. The molecule has 1 N–H and O–H groups in total. The zero-order valence-electron chi connectivity index (χ0n) is 11.7. The number of carbonyl (C=O) groups is 1. The smallest absolute Gasteiger partial charge is 0.328 e. The maximum absolute atomic E-state index is 11.5. The second-order valence-corrected chi connectivity index (χ2v) is 4.55. The topological polar surface area (TPSA) is 56.1 Å². The first-order valence-corrected chi connectivity index (χ1v) is 6.67. The number of anilines is 1. The number of hydrogen-bond acceptors (Lipinski definition) is 4. The van der Waals surface area contributed by atoms with Crippen LogP contribution in [-0.2, 0) is 16.1 Å². The molecular formula is C15H19N3O2. The minimum Gasteiger partial charge on any atom is -0.464 e. The van der Waals surface area contributed by atoms with Gasteiger partial charge < -0.3 is 14.6 Å². The fraction of sp³-hybridized carbons (Fsp3) is 0.333. The maximum atomic E-state index is 11.5. The largest absolute Gasteiger partial charge is 0.464 e. The van der Waals surface area contributed by atoms with E-state index in [0.717, 1.165) is 12.2 Å². The molecule has 1 aromatic carbocycles. The van der Waals surface area contributed by atoms with E-state index in [1.165, 1.54) is 5.56 Å². The van der Waals surface area contributed by atoms with Crippen LogP contribution in [0.25, 0.3) is 0 Å². The van der Waals surface area contributed by atoms with E-state index in [9.17, 15) is 4.79 Å². The van der Waals surface area contributed by atoms with Crippen molar-refractivity contribution < 1.29 is 9.53 Å². The molecule has 20 heavy (non-hydrogen) atoms. The summed E-state index contributed by atoms with van der Waals surface area (Å²) in [5.41, 5.74) is 2.08. The van der Waals surface area contributed by atoms with Gasteiger partial charge in [-0.3, -0.25) is 0 Å². The molecule has 0 spiro atoms. The number of nitrogens with zero attached hydrogens (tertiary/aromatic N) is 2. The highest BCUT2D eigenvalue weighted by atomic mass is 16.5. The molecule has 2 rings (SSSR count). The third-order valence-electron chi connectivity index (χ3n) is 2.90. The lowest BCUT2D eigenvalue weighted by atomic mass is 10.2. The molecular weight excluding hydrogens is 254 g/mol. The highest BCUT2D eigenvalue weighted by Crippen LogP contribution is 2.12. The lowest BCUT2D eigenvalue weighted by Crippen LogP contribution is -2.28. The van der Waals surface area contributed by atoms with Gasteiger partial charge in [-0.05, 0) is 31.5 Å². The zero-order chi connectivity index (χ0) is 14.4. The van der Waals surface area contributed by atoms with Gasteiger partial charge in [0.1, 0.15) is 6.04 Å². The Kier molecular flexibility index (Phi) is 4.76. The SMILES string of the molecule is CCOC(=O)C(C)Nc1ccc(Cn2ccnc2)cc1. The predicted octanol–water partition coefficient (Wildman–Crippen LogP) is 2.29. The molecule has 1 atom stereocenters. The molecule has 2 aromatic rings. The molecule has 0 aliphatic carbocycles. The Morgan fingerprint density at radius 1 is 1.40 bits per heavy atom. The van der Waals surface area contributed by atoms with Crippen LogP contribution in [0.2, 0.25) is 0 Å². The standard InChI is InChI=1S/C15H19N3O2/c1-3-20-15(19)12(2)17-14-6-4-13(5-7-14)10-18-9-8-16-11-18/h4-9,11-12,17H,3,10H2,1-2H3. The normalized spacial score (nSPS) is 11.9. The number of esters is 1. The summed E-state index contributed by atoms with van der Waals surface area (Å²) in [7, 11) is 0. The maximum Gasteiger partial charge on any atom is 0.328 e. The van der Waals surface area contributed by atoms with Crippen molar-refractivity contribution in [3.63, 3.8) is 0 Å². The summed E-state index contributed by atoms with van der Waals surface area (Å²) in [6.07, 6.45) is 5.47. The lowest BCUT2D eigenvalue weighted by Gasteiger charge is -2.14. The summed E-state index contributed by atoms with van der Waals surface area (Å²) >= 11 is 0. The van der Waals surface area contributed by atoms with Gasteiger partial charge >= 0.3 is 5.97 Å². The summed E-state index contributed by atoms with van der Waals surface area (Å²) < 4.78 is 6.96. The van der Waals surface area contributed by atoms with Gasteiger partial charge in [-0.2, -0.15) is 0 Å². The fourth-order valence-electron chi connectivity index (χ4n) is 1.87. The van der Waals surface area contributed by atoms with Crippen molar-refractivity contribution in [1.29, 1.82) is 0 Å². The molecule has 0 amide bonds. The van der Waals surface area contributed by atoms with Gasteiger partial charge in [0.25, 0.3) is 0 Å². The van der Waals surface area contributed by atoms with Crippen LogP contribution in [-0.4, -0.2) is 28.2 Å². The van der Waals surface area contributed by atoms with Crippen molar-refractivity contribution in [1.82, 2.24) is 9.55 Å². The molecule has 1 unspecified atom stereocenters. The molecule has 5 heteroatoms. The number of ether oxygens (including phenoxy) is 1. The van der Waals surface area contributed by atoms with E-state index in [2.05, 4.69) is 10.3 Å². The first-order chi connectivity index (χ1) is 9.69. The third kappa shape index (κ3) is 3.85. The Balaban J connectivity index is 1.92. The van der Waals surface area contributed by atoms with Gasteiger partial charge in [-0.1, -0.05) is 12.1 Å². The zero-order valence-corrected chi connectivity index (χ0v) is 11.7.